The molecule has 0 radical (unpaired) electrons. The molecule has 3 heteroatoms. The van der Waals surface area contributed by atoms with Crippen LogP contribution in [-0.4, -0.2) is 5.78 Å². The Morgan fingerprint density at radius 3 is 2.30 bits per heavy atom. The van der Waals surface area contributed by atoms with E-state index in [4.69, 9.17) is 23.2 Å². The van der Waals surface area contributed by atoms with E-state index in [-0.39, 0.29) is 5.78 Å². The average Bonchev–Trinajstić information content (AvgIpc) is 1.92. The lowest BCUT2D eigenvalue weighted by Gasteiger charge is -2.15. The Balaban J connectivity index is 2.78. The summed E-state index contributed by atoms with van der Waals surface area (Å²) in [5.41, 5.74) is 1.20. The van der Waals surface area contributed by atoms with Crippen LogP contribution >= 0.6 is 23.2 Å². The third-order valence-electron chi connectivity index (χ3n) is 1.54. The van der Waals surface area contributed by atoms with Crippen molar-refractivity contribution in [1.29, 1.82) is 0 Å². The van der Waals surface area contributed by atoms with Crippen LogP contribution in [0.4, 0.5) is 0 Å². The predicted octanol–water partition coefficient (Wildman–Crippen LogP) is 2.54. The molecule has 10 heavy (non-hydrogen) atoms. The number of fused-ring (bicyclic) bond motifs is 2. The molecule has 2 bridgehead atoms. The van der Waals surface area contributed by atoms with Gasteiger partial charge in [0.25, 0.3) is 0 Å². The number of rotatable bonds is 0. The maximum Gasteiger partial charge on any atom is 0.194 e. The summed E-state index contributed by atoms with van der Waals surface area (Å²) in [5.74, 6) is 0.00870. The first kappa shape index (κ1) is 6.20. The molecule has 2 aliphatic rings. The summed E-state index contributed by atoms with van der Waals surface area (Å²) in [7, 11) is 0. The van der Waals surface area contributed by atoms with E-state index in [0.29, 0.717) is 21.2 Å². The Morgan fingerprint density at radius 2 is 1.90 bits per heavy atom. The zero-order chi connectivity index (χ0) is 7.30. The first-order valence-electron chi connectivity index (χ1n) is 2.74. The van der Waals surface area contributed by atoms with Gasteiger partial charge in [-0.15, -0.1) is 0 Å². The molecule has 0 heterocycles. The summed E-state index contributed by atoms with van der Waals surface area (Å²) in [6.45, 7) is 0. The fraction of sp³-hybridized carbons (Fsp3) is 0. The molecule has 1 nitrogen and oxygen atoms in total. The highest BCUT2D eigenvalue weighted by Crippen LogP contribution is 2.35. The Kier molecular flexibility index (Phi) is 1.08. The first-order valence-corrected chi connectivity index (χ1v) is 3.49. The van der Waals surface area contributed by atoms with Crippen molar-refractivity contribution in [2.45, 2.75) is 0 Å². The number of halogens is 2. The van der Waals surface area contributed by atoms with Gasteiger partial charge in [-0.25, -0.2) is 0 Å². The largest absolute Gasteiger partial charge is 0.289 e. The van der Waals surface area contributed by atoms with E-state index in [2.05, 4.69) is 0 Å². The molecule has 50 valence electrons. The van der Waals surface area contributed by atoms with E-state index in [1.165, 1.54) is 0 Å². The lowest BCUT2D eigenvalue weighted by Crippen LogP contribution is -2.13. The second kappa shape index (κ2) is 1.74. The van der Waals surface area contributed by atoms with Gasteiger partial charge in [-0.05, 0) is 12.1 Å². The molecule has 0 N–H and O–H groups in total. The Hall–Kier alpha value is -0.530. The molecular weight excluding hydrogens is 171 g/mol. The summed E-state index contributed by atoms with van der Waals surface area (Å²) in [4.78, 5) is 10.9. The predicted molar refractivity (Wildman–Crippen MR) is 39.9 cm³/mol. The van der Waals surface area contributed by atoms with Crippen molar-refractivity contribution in [2.75, 3.05) is 0 Å². The maximum atomic E-state index is 10.9. The second-order valence-electron chi connectivity index (χ2n) is 2.15. The van der Waals surface area contributed by atoms with Crippen molar-refractivity contribution in [1.82, 2.24) is 0 Å². The molecule has 0 saturated carbocycles. The van der Waals surface area contributed by atoms with Gasteiger partial charge >= 0.3 is 0 Å². The molecule has 2 aliphatic carbocycles. The number of carbonyl (C=O) groups excluding carboxylic acids is 1. The summed E-state index contributed by atoms with van der Waals surface area (Å²) >= 11 is 11.3. The van der Waals surface area contributed by atoms with Crippen LogP contribution in [0.2, 0.25) is 10.0 Å². The number of hydrogen-bond acceptors (Lipinski definition) is 1. The van der Waals surface area contributed by atoms with Crippen LogP contribution in [0.3, 0.4) is 0 Å². The average molecular weight is 173 g/mol. The van der Waals surface area contributed by atoms with Gasteiger partial charge in [-0.3, -0.25) is 4.79 Å². The van der Waals surface area contributed by atoms with Crippen LogP contribution in [0.5, 0.6) is 0 Å². The molecule has 0 fully saturated rings. The van der Waals surface area contributed by atoms with Crippen molar-refractivity contribution in [2.24, 2.45) is 0 Å². The number of ketones is 1. The SMILES string of the molecule is O=C1c2cc(Cl)c(Cl)c1c2. The smallest absolute Gasteiger partial charge is 0.194 e. The van der Waals surface area contributed by atoms with Crippen molar-refractivity contribution >= 4 is 29.0 Å². The maximum absolute atomic E-state index is 10.9. The molecular formula is C7H2Cl2O. The van der Waals surface area contributed by atoms with Crippen molar-refractivity contribution in [3.8, 4) is 0 Å². The molecule has 0 atom stereocenters. The zero-order valence-corrected chi connectivity index (χ0v) is 6.33. The van der Waals surface area contributed by atoms with Crippen LogP contribution in [0, 0.1) is 0 Å². The fourth-order valence-electron chi connectivity index (χ4n) is 0.963. The monoisotopic (exact) mass is 172 g/mol. The van der Waals surface area contributed by atoms with E-state index in [9.17, 15) is 4.79 Å². The van der Waals surface area contributed by atoms with Gasteiger partial charge in [0.1, 0.15) is 0 Å². The Labute approximate surface area is 67.6 Å². The van der Waals surface area contributed by atoms with Crippen LogP contribution in [0.25, 0.3) is 0 Å². The fourth-order valence-corrected chi connectivity index (χ4v) is 1.38. The summed E-state index contributed by atoms with van der Waals surface area (Å²) < 4.78 is 0. The minimum atomic E-state index is 0.00870. The van der Waals surface area contributed by atoms with Gasteiger partial charge in [-0.2, -0.15) is 0 Å². The number of benzene rings is 1. The minimum Gasteiger partial charge on any atom is -0.289 e. The van der Waals surface area contributed by atoms with Crippen molar-refractivity contribution in [3.63, 3.8) is 0 Å². The van der Waals surface area contributed by atoms with Gasteiger partial charge in [-0.1, -0.05) is 23.2 Å². The molecule has 0 amide bonds. The minimum absolute atomic E-state index is 0.00870. The van der Waals surface area contributed by atoms with Crippen molar-refractivity contribution in [3.05, 3.63) is 33.3 Å². The van der Waals surface area contributed by atoms with Gasteiger partial charge in [0.2, 0.25) is 0 Å². The second-order valence-corrected chi connectivity index (χ2v) is 2.93. The third kappa shape index (κ3) is 0.568. The lowest BCUT2D eigenvalue weighted by molar-refractivity contribution is 0.102. The molecule has 0 saturated heterocycles. The van der Waals surface area contributed by atoms with E-state index < -0.39 is 0 Å². The van der Waals surface area contributed by atoms with E-state index >= 15 is 0 Å². The van der Waals surface area contributed by atoms with Crippen molar-refractivity contribution < 1.29 is 4.79 Å². The van der Waals surface area contributed by atoms with Gasteiger partial charge in [0.15, 0.2) is 5.78 Å². The standard InChI is InChI=1S/C7H2Cl2O/c8-5-2-3-1-4(6(5)9)7(3)10/h1-2H. The van der Waals surface area contributed by atoms with Gasteiger partial charge < -0.3 is 0 Å². The van der Waals surface area contributed by atoms with Crippen LogP contribution < -0.4 is 0 Å². The van der Waals surface area contributed by atoms with Crippen LogP contribution in [0.1, 0.15) is 15.9 Å². The normalized spacial score (nSPS) is 13.2. The first-order chi connectivity index (χ1) is 4.70. The summed E-state index contributed by atoms with van der Waals surface area (Å²) in [6, 6.07) is 3.32. The molecule has 0 unspecified atom stereocenters. The quantitative estimate of drug-likeness (QED) is 0.598. The third-order valence-corrected chi connectivity index (χ3v) is 2.34. The van der Waals surface area contributed by atoms with E-state index in [0.717, 1.165) is 0 Å². The lowest BCUT2D eigenvalue weighted by atomic mass is 9.92. The molecule has 1 aromatic rings. The zero-order valence-electron chi connectivity index (χ0n) is 4.82. The van der Waals surface area contributed by atoms with Crippen LogP contribution in [0.15, 0.2) is 12.1 Å². The Morgan fingerprint density at radius 1 is 1.20 bits per heavy atom. The Bertz CT molecular complexity index is 331. The molecule has 0 spiro atoms. The van der Waals surface area contributed by atoms with Gasteiger partial charge in [0, 0.05) is 11.1 Å². The van der Waals surface area contributed by atoms with Crippen LogP contribution in [-0.2, 0) is 0 Å². The summed E-state index contributed by atoms with van der Waals surface area (Å²) in [6.07, 6.45) is 0. The van der Waals surface area contributed by atoms with E-state index in [1.807, 2.05) is 0 Å². The number of hydrogen-bond donors (Lipinski definition) is 0. The topological polar surface area (TPSA) is 17.1 Å². The molecule has 1 aromatic carbocycles. The molecule has 0 aromatic heterocycles. The highest BCUT2D eigenvalue weighted by molar-refractivity contribution is 6.46. The highest BCUT2D eigenvalue weighted by atomic mass is 35.5. The molecule has 0 aliphatic heterocycles. The summed E-state index contributed by atoms with van der Waals surface area (Å²) in [5, 5.41) is 0.843. The van der Waals surface area contributed by atoms with E-state index in [1.54, 1.807) is 12.1 Å². The molecule has 3 rings (SSSR count). The number of carbonyl (C=O) groups is 1. The highest BCUT2D eigenvalue weighted by Gasteiger charge is 2.25. The van der Waals surface area contributed by atoms with Gasteiger partial charge in [0.05, 0.1) is 10.0 Å².